The van der Waals surface area contributed by atoms with E-state index in [1.54, 1.807) is 26.5 Å². The molecule has 8 nitrogen and oxygen atoms in total. The molecule has 27 heavy (non-hydrogen) atoms. The van der Waals surface area contributed by atoms with Gasteiger partial charge in [0, 0.05) is 32.5 Å². The lowest BCUT2D eigenvalue weighted by Gasteiger charge is -2.16. The topological polar surface area (TPSA) is 93.4 Å². The molecule has 0 bridgehead atoms. The predicted molar refractivity (Wildman–Crippen MR) is 118 cm³/mol. The third-order valence-corrected chi connectivity index (χ3v) is 4.99. The molecule has 0 aliphatic carbocycles. The SMILES string of the molecule is CCOC(=O)c1sc(C(C)NC(=NC)NCCCn2ccnc2)nc1C.I. The Morgan fingerprint density at radius 3 is 2.89 bits per heavy atom. The molecule has 1 unspecified atom stereocenters. The van der Waals surface area contributed by atoms with Crippen LogP contribution in [0.2, 0.25) is 0 Å². The van der Waals surface area contributed by atoms with Gasteiger partial charge >= 0.3 is 5.97 Å². The number of carbonyl (C=O) groups excluding carboxylic acids is 1. The van der Waals surface area contributed by atoms with Crippen molar-refractivity contribution in [3.05, 3.63) is 34.3 Å². The highest BCUT2D eigenvalue weighted by Crippen LogP contribution is 2.24. The predicted octanol–water partition coefficient (Wildman–Crippen LogP) is 2.76. The number of ether oxygens (including phenoxy) is 1. The smallest absolute Gasteiger partial charge is 0.350 e. The zero-order chi connectivity index (χ0) is 18.9. The van der Waals surface area contributed by atoms with Crippen LogP contribution >= 0.6 is 35.3 Å². The second-order valence-corrected chi connectivity index (χ2v) is 6.74. The van der Waals surface area contributed by atoms with Gasteiger partial charge in [-0.25, -0.2) is 14.8 Å². The van der Waals surface area contributed by atoms with Crippen LogP contribution in [0.4, 0.5) is 0 Å². The summed E-state index contributed by atoms with van der Waals surface area (Å²) in [6.45, 7) is 7.65. The molecule has 2 aromatic heterocycles. The molecule has 0 saturated heterocycles. The van der Waals surface area contributed by atoms with Gasteiger partial charge in [-0.3, -0.25) is 4.99 Å². The quantitative estimate of drug-likeness (QED) is 0.188. The minimum atomic E-state index is -0.317. The normalized spacial score (nSPS) is 12.2. The summed E-state index contributed by atoms with van der Waals surface area (Å²) in [6, 6.07) is -0.0678. The summed E-state index contributed by atoms with van der Waals surface area (Å²) in [5.41, 5.74) is 0.695. The summed E-state index contributed by atoms with van der Waals surface area (Å²) < 4.78 is 7.11. The maximum Gasteiger partial charge on any atom is 0.350 e. The fourth-order valence-corrected chi connectivity index (χ4v) is 3.30. The Kier molecular flexibility index (Phi) is 10.3. The number of aliphatic imine (C=N–C) groups is 1. The van der Waals surface area contributed by atoms with Crippen LogP contribution < -0.4 is 10.6 Å². The van der Waals surface area contributed by atoms with E-state index in [-0.39, 0.29) is 36.0 Å². The summed E-state index contributed by atoms with van der Waals surface area (Å²) in [4.78, 5) is 25.3. The number of guanidine groups is 1. The highest BCUT2D eigenvalue weighted by atomic mass is 127. The molecule has 1 atom stereocenters. The van der Waals surface area contributed by atoms with Gasteiger partial charge in [-0.15, -0.1) is 35.3 Å². The van der Waals surface area contributed by atoms with Crippen molar-refractivity contribution in [1.82, 2.24) is 25.2 Å². The number of hydrogen-bond donors (Lipinski definition) is 2. The number of nitrogens with zero attached hydrogens (tertiary/aromatic N) is 4. The number of carbonyl (C=O) groups is 1. The van der Waals surface area contributed by atoms with Gasteiger partial charge in [0.1, 0.15) is 9.88 Å². The van der Waals surface area contributed by atoms with Crippen molar-refractivity contribution >= 4 is 47.2 Å². The summed E-state index contributed by atoms with van der Waals surface area (Å²) in [5, 5.41) is 7.42. The molecule has 0 amide bonds. The van der Waals surface area contributed by atoms with Gasteiger partial charge in [0.15, 0.2) is 5.96 Å². The highest BCUT2D eigenvalue weighted by molar-refractivity contribution is 14.0. The minimum absolute atomic E-state index is 0. The van der Waals surface area contributed by atoms with Crippen molar-refractivity contribution in [3.8, 4) is 0 Å². The summed E-state index contributed by atoms with van der Waals surface area (Å²) in [7, 11) is 1.73. The molecular weight excluding hydrogens is 479 g/mol. The first kappa shape index (κ1) is 23.3. The minimum Gasteiger partial charge on any atom is -0.462 e. The van der Waals surface area contributed by atoms with Crippen LogP contribution in [-0.4, -0.2) is 46.7 Å². The average Bonchev–Trinajstić information content (AvgIpc) is 3.27. The number of rotatable bonds is 8. The van der Waals surface area contributed by atoms with Crippen LogP contribution in [0.25, 0.3) is 0 Å². The Hall–Kier alpha value is -1.69. The Morgan fingerprint density at radius 1 is 1.48 bits per heavy atom. The van der Waals surface area contributed by atoms with E-state index in [4.69, 9.17) is 4.74 Å². The lowest BCUT2D eigenvalue weighted by Crippen LogP contribution is -2.39. The van der Waals surface area contributed by atoms with Crippen LogP contribution in [0.5, 0.6) is 0 Å². The number of aromatic nitrogens is 3. The van der Waals surface area contributed by atoms with Crippen molar-refractivity contribution in [2.24, 2.45) is 4.99 Å². The molecule has 150 valence electrons. The standard InChI is InChI=1S/C17H26N6O2S.HI/c1-5-25-16(24)14-12(2)21-15(26-14)13(3)22-17(18-4)20-7-6-9-23-10-8-19-11-23;/h8,10-11,13H,5-7,9H2,1-4H3,(H2,18,20,22);1H. The largest absolute Gasteiger partial charge is 0.462 e. The van der Waals surface area contributed by atoms with Gasteiger partial charge in [0.2, 0.25) is 0 Å². The Morgan fingerprint density at radius 2 is 2.26 bits per heavy atom. The van der Waals surface area contributed by atoms with Crippen molar-refractivity contribution in [2.75, 3.05) is 20.2 Å². The van der Waals surface area contributed by atoms with E-state index in [2.05, 4.69) is 25.6 Å². The lowest BCUT2D eigenvalue weighted by molar-refractivity contribution is 0.0531. The zero-order valence-electron chi connectivity index (χ0n) is 16.1. The molecule has 0 fully saturated rings. The van der Waals surface area contributed by atoms with Gasteiger partial charge in [0.25, 0.3) is 0 Å². The third-order valence-electron chi connectivity index (χ3n) is 3.67. The molecule has 2 N–H and O–H groups in total. The van der Waals surface area contributed by atoms with Gasteiger partial charge in [-0.1, -0.05) is 0 Å². The van der Waals surface area contributed by atoms with E-state index >= 15 is 0 Å². The lowest BCUT2D eigenvalue weighted by atomic mass is 10.3. The monoisotopic (exact) mass is 506 g/mol. The van der Waals surface area contributed by atoms with Crippen LogP contribution in [-0.2, 0) is 11.3 Å². The molecule has 2 aromatic rings. The Bertz CT molecular complexity index is 732. The van der Waals surface area contributed by atoms with Gasteiger partial charge in [0.05, 0.1) is 24.7 Å². The Balaban J connectivity index is 0.00000364. The molecule has 0 aliphatic rings. The maximum atomic E-state index is 11.9. The molecule has 2 heterocycles. The summed E-state index contributed by atoms with van der Waals surface area (Å²) in [5.74, 6) is 0.386. The number of thiazole rings is 1. The molecular formula is C17H27IN6O2S. The van der Waals surface area contributed by atoms with Gasteiger partial charge < -0.3 is 19.9 Å². The number of nitrogens with one attached hydrogen (secondary N) is 2. The van der Waals surface area contributed by atoms with E-state index < -0.39 is 0 Å². The molecule has 0 aromatic carbocycles. The third kappa shape index (κ3) is 7.09. The van der Waals surface area contributed by atoms with E-state index in [0.717, 1.165) is 24.5 Å². The van der Waals surface area contributed by atoms with Crippen LogP contribution in [0.15, 0.2) is 23.7 Å². The van der Waals surface area contributed by atoms with E-state index in [1.165, 1.54) is 11.3 Å². The molecule has 0 radical (unpaired) electrons. The maximum absolute atomic E-state index is 11.9. The summed E-state index contributed by atoms with van der Waals surface area (Å²) >= 11 is 1.35. The number of esters is 1. The summed E-state index contributed by atoms with van der Waals surface area (Å²) in [6.07, 6.45) is 6.48. The number of hydrogen-bond acceptors (Lipinski definition) is 6. The molecule has 0 saturated carbocycles. The van der Waals surface area contributed by atoms with E-state index in [0.29, 0.717) is 23.1 Å². The molecule has 2 rings (SSSR count). The fourth-order valence-electron chi connectivity index (χ4n) is 2.34. The van der Waals surface area contributed by atoms with Gasteiger partial charge in [-0.05, 0) is 27.2 Å². The van der Waals surface area contributed by atoms with Crippen molar-refractivity contribution in [1.29, 1.82) is 0 Å². The van der Waals surface area contributed by atoms with Crippen molar-refractivity contribution in [2.45, 2.75) is 39.8 Å². The molecule has 0 spiro atoms. The second kappa shape index (κ2) is 11.9. The fraction of sp³-hybridized carbons (Fsp3) is 0.529. The van der Waals surface area contributed by atoms with Gasteiger partial charge in [-0.2, -0.15) is 0 Å². The number of imidazole rings is 1. The van der Waals surface area contributed by atoms with E-state index in [9.17, 15) is 4.79 Å². The first-order chi connectivity index (χ1) is 12.5. The average molecular weight is 506 g/mol. The zero-order valence-corrected chi connectivity index (χ0v) is 19.2. The van der Waals surface area contributed by atoms with Crippen molar-refractivity contribution < 1.29 is 9.53 Å². The second-order valence-electron chi connectivity index (χ2n) is 5.71. The van der Waals surface area contributed by atoms with E-state index in [1.807, 2.05) is 24.6 Å². The molecule has 0 aliphatic heterocycles. The number of aryl methyl sites for hydroxylation is 2. The van der Waals surface area contributed by atoms with Crippen LogP contribution in [0.3, 0.4) is 0 Å². The number of halogens is 1. The van der Waals surface area contributed by atoms with Crippen molar-refractivity contribution in [3.63, 3.8) is 0 Å². The Labute approximate surface area is 180 Å². The highest BCUT2D eigenvalue weighted by Gasteiger charge is 2.19. The molecule has 10 heteroatoms. The van der Waals surface area contributed by atoms with Crippen LogP contribution in [0.1, 0.15) is 46.7 Å². The first-order valence-corrected chi connectivity index (χ1v) is 9.44. The van der Waals surface area contributed by atoms with Crippen LogP contribution in [0, 0.1) is 6.92 Å². The first-order valence-electron chi connectivity index (χ1n) is 8.62.